The smallest absolute Gasteiger partial charge is 0.309 e. The first-order chi connectivity index (χ1) is 9.83. The van der Waals surface area contributed by atoms with E-state index in [1.165, 1.54) is 12.2 Å². The second-order valence-corrected chi connectivity index (χ2v) is 6.15. The van der Waals surface area contributed by atoms with Crippen LogP contribution in [0.2, 0.25) is 0 Å². The zero-order chi connectivity index (χ0) is 16.1. The van der Waals surface area contributed by atoms with Crippen LogP contribution in [-0.4, -0.2) is 42.3 Å². The van der Waals surface area contributed by atoms with Crippen molar-refractivity contribution in [3.05, 3.63) is 21.1 Å². The molecular weight excluding hydrogens is 408 g/mol. The fourth-order valence-corrected chi connectivity index (χ4v) is 4.00. The molecule has 0 atom stereocenters. The topological polar surface area (TPSA) is 65.0 Å². The third kappa shape index (κ3) is 4.39. The highest BCUT2D eigenvalue weighted by atomic mass is 79.9. The highest BCUT2D eigenvalue weighted by molar-refractivity contribution is 9.12. The maximum atomic E-state index is 11.6. The fraction of sp³-hybridized carbons (Fsp3) is 0.643. The average molecular weight is 428 g/mol. The zero-order valence-corrected chi connectivity index (χ0v) is 15.5. The van der Waals surface area contributed by atoms with Crippen molar-refractivity contribution in [2.75, 3.05) is 19.8 Å². The van der Waals surface area contributed by atoms with E-state index in [1.807, 2.05) is 13.8 Å². The molecule has 0 heterocycles. The number of aliphatic hydroxyl groups is 1. The van der Waals surface area contributed by atoms with Crippen LogP contribution in [0.4, 0.5) is 0 Å². The Hall–Kier alpha value is -0.210. The third-order valence-corrected chi connectivity index (χ3v) is 4.31. The molecule has 0 aromatic carbocycles. The fourth-order valence-electron chi connectivity index (χ4n) is 2.05. The molecule has 5 nitrogen and oxygen atoms in total. The molecule has 0 radical (unpaired) electrons. The van der Waals surface area contributed by atoms with E-state index < -0.39 is 17.4 Å². The van der Waals surface area contributed by atoms with Gasteiger partial charge in [-0.05, 0) is 64.8 Å². The summed E-state index contributed by atoms with van der Waals surface area (Å²) in [5.41, 5.74) is -1.46. The summed E-state index contributed by atoms with van der Waals surface area (Å²) >= 11 is 6.77. The number of halogens is 2. The minimum Gasteiger partial charge on any atom is -0.466 e. The quantitative estimate of drug-likeness (QED) is 0.499. The number of carbonyl (C=O) groups excluding carboxylic acids is 1. The Morgan fingerprint density at radius 3 is 1.95 bits per heavy atom. The highest BCUT2D eigenvalue weighted by Crippen LogP contribution is 2.44. The van der Waals surface area contributed by atoms with Crippen LogP contribution in [0, 0.1) is 0 Å². The van der Waals surface area contributed by atoms with Crippen LogP contribution in [-0.2, 0) is 19.0 Å². The van der Waals surface area contributed by atoms with Crippen molar-refractivity contribution >= 4 is 37.8 Å². The lowest BCUT2D eigenvalue weighted by Gasteiger charge is -2.38. The van der Waals surface area contributed by atoms with Crippen LogP contribution in [0.5, 0.6) is 0 Å². The molecule has 0 saturated heterocycles. The molecule has 0 spiro atoms. The summed E-state index contributed by atoms with van der Waals surface area (Å²) in [6.45, 7) is 6.52. The zero-order valence-electron chi connectivity index (χ0n) is 12.3. The SMILES string of the molecule is CCOC(=O)CC1(O)C=C(Br)C(OCC)(OCC)C(Br)=C1. The van der Waals surface area contributed by atoms with Gasteiger partial charge in [-0.15, -0.1) is 0 Å². The Labute approximate surface area is 141 Å². The summed E-state index contributed by atoms with van der Waals surface area (Å²) in [5.74, 6) is -1.60. The molecule has 0 saturated carbocycles. The van der Waals surface area contributed by atoms with Crippen LogP contribution in [0.3, 0.4) is 0 Å². The number of hydrogen-bond acceptors (Lipinski definition) is 5. The summed E-state index contributed by atoms with van der Waals surface area (Å²) in [5, 5.41) is 10.6. The molecule has 0 fully saturated rings. The average Bonchev–Trinajstić information content (AvgIpc) is 2.36. The molecule has 21 heavy (non-hydrogen) atoms. The lowest BCUT2D eigenvalue weighted by Crippen LogP contribution is -2.43. The molecule has 0 aromatic heterocycles. The minimum absolute atomic E-state index is 0.181. The first-order valence-electron chi connectivity index (χ1n) is 6.77. The molecule has 1 aliphatic carbocycles. The predicted octanol–water partition coefficient (Wildman–Crippen LogP) is 3.01. The second kappa shape index (κ2) is 7.87. The summed E-state index contributed by atoms with van der Waals surface area (Å²) in [6, 6.07) is 0. The molecule has 1 rings (SSSR count). The molecule has 1 N–H and O–H groups in total. The van der Waals surface area contributed by atoms with Gasteiger partial charge in [0.25, 0.3) is 0 Å². The van der Waals surface area contributed by atoms with Crippen LogP contribution in [0.15, 0.2) is 21.1 Å². The van der Waals surface area contributed by atoms with Gasteiger partial charge < -0.3 is 19.3 Å². The largest absolute Gasteiger partial charge is 0.466 e. The van der Waals surface area contributed by atoms with Gasteiger partial charge in [-0.1, -0.05) is 0 Å². The first-order valence-corrected chi connectivity index (χ1v) is 8.35. The van der Waals surface area contributed by atoms with Crippen molar-refractivity contribution < 1.29 is 24.1 Å². The summed E-state index contributed by atoms with van der Waals surface area (Å²) in [7, 11) is 0. The molecule has 0 amide bonds. The Balaban J connectivity index is 3.08. The van der Waals surface area contributed by atoms with Gasteiger partial charge in [0.1, 0.15) is 5.60 Å². The lowest BCUT2D eigenvalue weighted by molar-refractivity contribution is -0.172. The maximum Gasteiger partial charge on any atom is 0.309 e. The van der Waals surface area contributed by atoms with Crippen LogP contribution >= 0.6 is 31.9 Å². The van der Waals surface area contributed by atoms with Crippen molar-refractivity contribution in [2.24, 2.45) is 0 Å². The Morgan fingerprint density at radius 2 is 1.57 bits per heavy atom. The number of hydrogen-bond donors (Lipinski definition) is 1. The standard InChI is InChI=1S/C14H20Br2O5/c1-4-19-12(17)9-13(18)7-10(15)14(20-5-2,21-6-3)11(16)8-13/h7-8,18H,4-6,9H2,1-3H3. The van der Waals surface area contributed by atoms with Gasteiger partial charge in [0.15, 0.2) is 0 Å². The van der Waals surface area contributed by atoms with E-state index in [4.69, 9.17) is 14.2 Å². The monoisotopic (exact) mass is 426 g/mol. The van der Waals surface area contributed by atoms with Crippen molar-refractivity contribution in [3.8, 4) is 0 Å². The van der Waals surface area contributed by atoms with E-state index in [1.54, 1.807) is 6.92 Å². The minimum atomic E-state index is -1.46. The third-order valence-electron chi connectivity index (χ3n) is 2.81. The lowest BCUT2D eigenvalue weighted by atomic mass is 9.92. The van der Waals surface area contributed by atoms with Gasteiger partial charge in [-0.2, -0.15) is 0 Å². The van der Waals surface area contributed by atoms with E-state index in [0.29, 0.717) is 22.2 Å². The summed E-state index contributed by atoms with van der Waals surface area (Å²) < 4.78 is 17.3. The summed E-state index contributed by atoms with van der Waals surface area (Å²) in [6.07, 6.45) is 2.82. The molecule has 0 bridgehead atoms. The molecule has 0 aromatic rings. The van der Waals surface area contributed by atoms with Crippen molar-refractivity contribution in [1.82, 2.24) is 0 Å². The van der Waals surface area contributed by atoms with Gasteiger partial charge in [-0.3, -0.25) is 4.79 Å². The molecular formula is C14H20Br2O5. The van der Waals surface area contributed by atoms with Crippen LogP contribution in [0.25, 0.3) is 0 Å². The highest BCUT2D eigenvalue weighted by Gasteiger charge is 2.45. The first kappa shape index (κ1) is 18.8. The maximum absolute atomic E-state index is 11.6. The number of esters is 1. The Kier molecular flexibility index (Phi) is 7.06. The van der Waals surface area contributed by atoms with Crippen LogP contribution < -0.4 is 0 Å². The number of carbonyl (C=O) groups is 1. The van der Waals surface area contributed by atoms with E-state index in [9.17, 15) is 9.90 Å². The molecule has 1 aliphatic rings. The van der Waals surface area contributed by atoms with Gasteiger partial charge in [0.05, 0.1) is 22.0 Å². The van der Waals surface area contributed by atoms with Gasteiger partial charge in [0.2, 0.25) is 5.79 Å². The molecule has 0 unspecified atom stereocenters. The second-order valence-electron chi connectivity index (χ2n) is 4.44. The van der Waals surface area contributed by atoms with Gasteiger partial charge >= 0.3 is 5.97 Å². The van der Waals surface area contributed by atoms with E-state index in [0.717, 1.165) is 0 Å². The van der Waals surface area contributed by atoms with Gasteiger partial charge in [0, 0.05) is 13.2 Å². The normalized spacial score (nSPS) is 19.7. The number of ether oxygens (including phenoxy) is 3. The predicted molar refractivity (Wildman–Crippen MR) is 86.2 cm³/mol. The van der Waals surface area contributed by atoms with E-state index >= 15 is 0 Å². The van der Waals surface area contributed by atoms with Crippen molar-refractivity contribution in [2.45, 2.75) is 38.6 Å². The number of rotatable bonds is 7. The molecule has 120 valence electrons. The van der Waals surface area contributed by atoms with Crippen LogP contribution in [0.1, 0.15) is 27.2 Å². The van der Waals surface area contributed by atoms with E-state index in [-0.39, 0.29) is 13.0 Å². The Bertz CT molecular complexity index is 417. The summed E-state index contributed by atoms with van der Waals surface area (Å²) in [4.78, 5) is 11.6. The van der Waals surface area contributed by atoms with Gasteiger partial charge in [-0.25, -0.2) is 0 Å². The van der Waals surface area contributed by atoms with Crippen molar-refractivity contribution in [3.63, 3.8) is 0 Å². The van der Waals surface area contributed by atoms with E-state index in [2.05, 4.69) is 31.9 Å². The molecule has 0 aliphatic heterocycles. The molecule has 7 heteroatoms. The van der Waals surface area contributed by atoms with Crippen molar-refractivity contribution in [1.29, 1.82) is 0 Å². The Morgan fingerprint density at radius 1 is 1.10 bits per heavy atom.